The van der Waals surface area contributed by atoms with Gasteiger partial charge in [-0.15, -0.1) is 0 Å². The van der Waals surface area contributed by atoms with Gasteiger partial charge < -0.3 is 14.6 Å². The first kappa shape index (κ1) is 45.9. The molecule has 1 unspecified atom stereocenters. The average molecular weight is 667 g/mol. The summed E-state index contributed by atoms with van der Waals surface area (Å²) in [5, 5.41) is 10.4. The highest BCUT2D eigenvalue weighted by Gasteiger charge is 2.29. The van der Waals surface area contributed by atoms with E-state index in [1.165, 1.54) is 103 Å². The van der Waals surface area contributed by atoms with Gasteiger partial charge in [-0.3, -0.25) is 9.59 Å². The molecule has 0 fully saturated rings. The van der Waals surface area contributed by atoms with Crippen molar-refractivity contribution >= 4 is 11.9 Å². The van der Waals surface area contributed by atoms with E-state index in [1.807, 2.05) is 13.8 Å². The molecule has 47 heavy (non-hydrogen) atoms. The van der Waals surface area contributed by atoms with E-state index in [1.54, 1.807) is 0 Å². The normalized spacial score (nSPS) is 12.5. The lowest BCUT2D eigenvalue weighted by molar-refractivity contribution is -0.156. The Kier molecular flexibility index (Phi) is 32.6. The van der Waals surface area contributed by atoms with Gasteiger partial charge in [-0.2, -0.15) is 0 Å². The molecular weight excluding hydrogens is 584 g/mol. The lowest BCUT2D eigenvalue weighted by Gasteiger charge is -2.25. The molecule has 0 aliphatic heterocycles. The van der Waals surface area contributed by atoms with Gasteiger partial charge in [0.05, 0.1) is 24.7 Å². The monoisotopic (exact) mass is 667 g/mol. The van der Waals surface area contributed by atoms with Gasteiger partial charge in [-0.1, -0.05) is 162 Å². The van der Waals surface area contributed by atoms with Crippen molar-refractivity contribution in [2.24, 2.45) is 11.3 Å². The number of rotatable bonds is 36. The minimum absolute atomic E-state index is 0.0363. The summed E-state index contributed by atoms with van der Waals surface area (Å²) in [4.78, 5) is 24.9. The summed E-state index contributed by atoms with van der Waals surface area (Å²) >= 11 is 0. The fourth-order valence-electron chi connectivity index (χ4n) is 6.46. The number of unbranched alkanes of at least 4 members (excludes halogenated alkanes) is 19. The van der Waals surface area contributed by atoms with Gasteiger partial charge in [0.15, 0.2) is 0 Å². The van der Waals surface area contributed by atoms with Crippen LogP contribution in [0.4, 0.5) is 0 Å². The third kappa shape index (κ3) is 30.7. The summed E-state index contributed by atoms with van der Waals surface area (Å²) in [7, 11) is 0. The molecule has 0 aromatic rings. The fraction of sp³-hybridized carbons (Fsp3) is 0.952. The molecule has 0 saturated heterocycles. The quantitative estimate of drug-likeness (QED) is 0.0532. The van der Waals surface area contributed by atoms with E-state index in [-0.39, 0.29) is 18.0 Å². The highest BCUT2D eigenvalue weighted by atomic mass is 16.5. The maximum absolute atomic E-state index is 13.0. The van der Waals surface area contributed by atoms with Gasteiger partial charge in [0.25, 0.3) is 0 Å². The Morgan fingerprint density at radius 1 is 0.532 bits per heavy atom. The Morgan fingerprint density at radius 3 is 1.49 bits per heavy atom. The van der Waals surface area contributed by atoms with Crippen LogP contribution in [0.1, 0.15) is 227 Å². The molecule has 5 heteroatoms. The minimum atomic E-state index is -0.447. The largest absolute Gasteiger partial charge is 0.466 e. The number of aliphatic hydroxyl groups excluding tert-OH is 1. The molecule has 0 bridgehead atoms. The Balaban J connectivity index is 3.95. The Labute approximate surface area is 293 Å². The second-order valence-electron chi connectivity index (χ2n) is 15.3. The topological polar surface area (TPSA) is 72.8 Å². The van der Waals surface area contributed by atoms with E-state index in [0.29, 0.717) is 25.6 Å². The van der Waals surface area contributed by atoms with Crippen LogP contribution in [0.15, 0.2) is 0 Å². The maximum Gasteiger partial charge on any atom is 0.311 e. The molecule has 0 aliphatic rings. The first-order valence-corrected chi connectivity index (χ1v) is 20.8. The van der Waals surface area contributed by atoms with E-state index < -0.39 is 5.41 Å². The number of esters is 2. The number of carbonyl (C=O) groups excluding carboxylic acids is 2. The smallest absolute Gasteiger partial charge is 0.311 e. The van der Waals surface area contributed by atoms with Crippen molar-refractivity contribution in [3.63, 3.8) is 0 Å². The lowest BCUT2D eigenvalue weighted by Crippen LogP contribution is -2.28. The zero-order valence-electron chi connectivity index (χ0n) is 32.4. The minimum Gasteiger partial charge on any atom is -0.466 e. The molecule has 0 radical (unpaired) electrons. The van der Waals surface area contributed by atoms with Gasteiger partial charge in [-0.05, 0) is 64.7 Å². The summed E-state index contributed by atoms with van der Waals surface area (Å²) in [6, 6.07) is 0. The second-order valence-corrected chi connectivity index (χ2v) is 15.3. The van der Waals surface area contributed by atoms with Crippen LogP contribution < -0.4 is 0 Å². The van der Waals surface area contributed by atoms with Crippen molar-refractivity contribution in [3.8, 4) is 0 Å². The van der Waals surface area contributed by atoms with Crippen LogP contribution in [0, 0.1) is 11.3 Å². The SMILES string of the molecule is CCCCCCCCC(=O)OCCCCCCCC(O)CCCCCC(C)(C)C(=O)OCC(CCCCCCC)CCCCCCC. The Hall–Kier alpha value is -1.10. The van der Waals surface area contributed by atoms with Crippen molar-refractivity contribution < 1.29 is 24.2 Å². The van der Waals surface area contributed by atoms with Crippen LogP contribution in [0.3, 0.4) is 0 Å². The number of hydrogen-bond donors (Lipinski definition) is 1. The van der Waals surface area contributed by atoms with Crippen molar-refractivity contribution in [1.29, 1.82) is 0 Å². The zero-order valence-corrected chi connectivity index (χ0v) is 32.4. The third-order valence-corrected chi connectivity index (χ3v) is 9.95. The van der Waals surface area contributed by atoms with Crippen LogP contribution >= 0.6 is 0 Å². The third-order valence-electron chi connectivity index (χ3n) is 9.95. The molecule has 0 spiro atoms. The van der Waals surface area contributed by atoms with Crippen molar-refractivity contribution in [2.75, 3.05) is 13.2 Å². The van der Waals surface area contributed by atoms with Crippen LogP contribution in [0.25, 0.3) is 0 Å². The maximum atomic E-state index is 13.0. The summed E-state index contributed by atoms with van der Waals surface area (Å²) in [5.74, 6) is 0.428. The molecule has 0 rings (SSSR count). The molecule has 5 nitrogen and oxygen atoms in total. The molecule has 1 atom stereocenters. The molecular formula is C42H82O5. The van der Waals surface area contributed by atoms with E-state index in [4.69, 9.17) is 9.47 Å². The summed E-state index contributed by atoms with van der Waals surface area (Å²) in [6.45, 7) is 11.9. The number of hydrogen-bond acceptors (Lipinski definition) is 5. The van der Waals surface area contributed by atoms with E-state index in [0.717, 1.165) is 83.5 Å². The molecule has 0 aliphatic carbocycles. The number of carbonyl (C=O) groups is 2. The van der Waals surface area contributed by atoms with Gasteiger partial charge in [-0.25, -0.2) is 0 Å². The molecule has 280 valence electrons. The average Bonchev–Trinajstić information content (AvgIpc) is 3.05. The first-order chi connectivity index (χ1) is 22.8. The molecule has 1 N–H and O–H groups in total. The first-order valence-electron chi connectivity index (χ1n) is 20.8. The molecule has 0 aromatic carbocycles. The van der Waals surface area contributed by atoms with E-state index in [2.05, 4.69) is 20.8 Å². The Bertz CT molecular complexity index is 677. The number of aliphatic hydroxyl groups is 1. The Morgan fingerprint density at radius 2 is 0.957 bits per heavy atom. The predicted octanol–water partition coefficient (Wildman–Crippen LogP) is 12.8. The van der Waals surface area contributed by atoms with Gasteiger partial charge in [0.2, 0.25) is 0 Å². The van der Waals surface area contributed by atoms with E-state index >= 15 is 0 Å². The van der Waals surface area contributed by atoms with Gasteiger partial charge in [0.1, 0.15) is 0 Å². The van der Waals surface area contributed by atoms with Crippen LogP contribution in [0.5, 0.6) is 0 Å². The van der Waals surface area contributed by atoms with Crippen molar-refractivity contribution in [3.05, 3.63) is 0 Å². The van der Waals surface area contributed by atoms with Crippen molar-refractivity contribution in [2.45, 2.75) is 233 Å². The predicted molar refractivity (Wildman–Crippen MR) is 201 cm³/mol. The zero-order chi connectivity index (χ0) is 34.9. The molecule has 0 aromatic heterocycles. The number of ether oxygens (including phenoxy) is 2. The van der Waals surface area contributed by atoms with Crippen LogP contribution in [0.2, 0.25) is 0 Å². The molecule has 0 amide bonds. The lowest BCUT2D eigenvalue weighted by atomic mass is 9.86. The van der Waals surface area contributed by atoms with Crippen LogP contribution in [-0.4, -0.2) is 36.4 Å². The van der Waals surface area contributed by atoms with Crippen LogP contribution in [-0.2, 0) is 19.1 Å². The summed E-state index contributed by atoms with van der Waals surface area (Å²) in [5.41, 5.74) is -0.447. The highest BCUT2D eigenvalue weighted by Crippen LogP contribution is 2.28. The molecule has 0 saturated carbocycles. The summed E-state index contributed by atoms with van der Waals surface area (Å²) in [6.07, 6.45) is 33.7. The highest BCUT2D eigenvalue weighted by molar-refractivity contribution is 5.75. The summed E-state index contributed by atoms with van der Waals surface area (Å²) < 4.78 is 11.3. The molecule has 0 heterocycles. The standard InChI is InChI=1S/C42H82O5/c1-6-9-12-15-20-27-34-40(44)46-36-29-21-16-19-25-32-39(43)33-26-22-28-35-42(4,5)41(45)47-37-38(30-23-17-13-10-7-2)31-24-18-14-11-8-3/h38-39,43H,6-37H2,1-5H3. The fourth-order valence-corrected chi connectivity index (χ4v) is 6.46. The van der Waals surface area contributed by atoms with E-state index in [9.17, 15) is 14.7 Å². The van der Waals surface area contributed by atoms with Gasteiger partial charge in [0, 0.05) is 6.42 Å². The van der Waals surface area contributed by atoms with Gasteiger partial charge >= 0.3 is 11.9 Å². The van der Waals surface area contributed by atoms with Crippen molar-refractivity contribution in [1.82, 2.24) is 0 Å². The second kappa shape index (κ2) is 33.4.